The van der Waals surface area contributed by atoms with Crippen molar-refractivity contribution in [2.45, 2.75) is 68.5 Å². The highest BCUT2D eigenvalue weighted by Crippen LogP contribution is 2.50. The Kier molecular flexibility index (Phi) is 4.00. The van der Waals surface area contributed by atoms with Gasteiger partial charge in [-0.3, -0.25) is 0 Å². The van der Waals surface area contributed by atoms with E-state index >= 15 is 0 Å². The molecular weight excluding hydrogens is 306 g/mol. The van der Waals surface area contributed by atoms with Crippen LogP contribution in [0.3, 0.4) is 0 Å². The van der Waals surface area contributed by atoms with Crippen LogP contribution in [-0.4, -0.2) is 19.4 Å². The normalized spacial score (nSPS) is 25.3. The minimum Gasteiger partial charge on any atom is -0.358 e. The van der Waals surface area contributed by atoms with Crippen LogP contribution in [0.25, 0.3) is 0 Å². The lowest BCUT2D eigenvalue weighted by Crippen LogP contribution is -2.41. The molecule has 0 amide bonds. The number of nitrogens with two attached hydrogens (primary N) is 1. The molecule has 1 spiro atoms. The smallest absolute Gasteiger partial charge is 0.249 e. The lowest BCUT2D eigenvalue weighted by molar-refractivity contribution is 0.173. The summed E-state index contributed by atoms with van der Waals surface area (Å²) in [6.45, 7) is 1.70. The van der Waals surface area contributed by atoms with Crippen LogP contribution in [0.4, 0.5) is 5.13 Å². The lowest BCUT2D eigenvalue weighted by Gasteiger charge is -2.42. The van der Waals surface area contributed by atoms with Gasteiger partial charge in [0.25, 0.3) is 0 Å². The lowest BCUT2D eigenvalue weighted by atomic mass is 9.69. The van der Waals surface area contributed by atoms with Crippen molar-refractivity contribution < 1.29 is 8.42 Å². The molecule has 3 N–H and O–H groups in total. The second kappa shape index (κ2) is 5.52. The van der Waals surface area contributed by atoms with Crippen molar-refractivity contribution in [1.82, 2.24) is 4.98 Å². The van der Waals surface area contributed by atoms with Gasteiger partial charge in [0.15, 0.2) is 9.34 Å². The topological polar surface area (TPSA) is 85.1 Å². The SMILES string of the molecule is Cc1nc(NC2CCCCC23CCCC3)sc1S(N)(=O)=O. The summed E-state index contributed by atoms with van der Waals surface area (Å²) in [5.41, 5.74) is 0.904. The molecule has 2 saturated carbocycles. The Labute approximate surface area is 130 Å². The van der Waals surface area contributed by atoms with Crippen LogP contribution in [-0.2, 0) is 10.0 Å². The number of nitrogens with zero attached hydrogens (tertiary/aromatic N) is 1. The van der Waals surface area contributed by atoms with Crippen LogP contribution >= 0.6 is 11.3 Å². The van der Waals surface area contributed by atoms with Gasteiger partial charge in [0, 0.05) is 6.04 Å². The summed E-state index contributed by atoms with van der Waals surface area (Å²) < 4.78 is 23.2. The van der Waals surface area contributed by atoms with Crippen molar-refractivity contribution in [3.8, 4) is 0 Å². The van der Waals surface area contributed by atoms with Crippen molar-refractivity contribution in [2.24, 2.45) is 10.6 Å². The van der Waals surface area contributed by atoms with Crippen LogP contribution in [0.2, 0.25) is 0 Å². The summed E-state index contributed by atoms with van der Waals surface area (Å²) in [6.07, 6.45) is 10.2. The number of primary sulfonamides is 1. The van der Waals surface area contributed by atoms with Gasteiger partial charge in [-0.25, -0.2) is 18.5 Å². The van der Waals surface area contributed by atoms with E-state index in [0.717, 1.165) is 6.42 Å². The summed E-state index contributed by atoms with van der Waals surface area (Å²) in [4.78, 5) is 4.37. The van der Waals surface area contributed by atoms with E-state index in [2.05, 4.69) is 10.3 Å². The molecule has 2 aliphatic carbocycles. The van der Waals surface area contributed by atoms with Crippen molar-refractivity contribution in [3.05, 3.63) is 5.69 Å². The maximum absolute atomic E-state index is 11.5. The molecule has 1 aromatic rings. The molecule has 2 fully saturated rings. The Balaban J connectivity index is 1.82. The predicted molar refractivity (Wildman–Crippen MR) is 85.0 cm³/mol. The number of hydrogen-bond donors (Lipinski definition) is 2. The van der Waals surface area contributed by atoms with Crippen LogP contribution < -0.4 is 10.5 Å². The molecule has 1 heterocycles. The van der Waals surface area contributed by atoms with Crippen molar-refractivity contribution >= 4 is 26.5 Å². The summed E-state index contributed by atoms with van der Waals surface area (Å²) in [6, 6.07) is 0.424. The van der Waals surface area contributed by atoms with Gasteiger partial charge < -0.3 is 5.32 Å². The second-order valence-corrected chi connectivity index (χ2v) is 9.20. The molecule has 0 aliphatic heterocycles. The molecule has 3 rings (SSSR count). The number of anilines is 1. The number of hydrogen-bond acceptors (Lipinski definition) is 5. The molecule has 0 aromatic carbocycles. The highest BCUT2D eigenvalue weighted by atomic mass is 32.2. The monoisotopic (exact) mass is 329 g/mol. The first-order valence-electron chi connectivity index (χ1n) is 7.67. The molecule has 7 heteroatoms. The summed E-state index contributed by atoms with van der Waals surface area (Å²) >= 11 is 1.17. The average molecular weight is 329 g/mol. The Morgan fingerprint density at radius 3 is 2.43 bits per heavy atom. The molecule has 5 nitrogen and oxygen atoms in total. The average Bonchev–Trinajstić information content (AvgIpc) is 3.00. The summed E-state index contributed by atoms with van der Waals surface area (Å²) in [5.74, 6) is 0. The molecule has 0 saturated heterocycles. The predicted octanol–water partition coefficient (Wildman–Crippen LogP) is 3.01. The highest BCUT2D eigenvalue weighted by Gasteiger charge is 2.43. The van der Waals surface area contributed by atoms with Gasteiger partial charge >= 0.3 is 0 Å². The van der Waals surface area contributed by atoms with E-state index in [1.54, 1.807) is 6.92 Å². The zero-order valence-corrected chi connectivity index (χ0v) is 14.0. The fourth-order valence-electron chi connectivity index (χ4n) is 4.07. The zero-order valence-electron chi connectivity index (χ0n) is 12.4. The van der Waals surface area contributed by atoms with E-state index in [1.807, 2.05) is 0 Å². The molecule has 21 heavy (non-hydrogen) atoms. The third-order valence-corrected chi connectivity index (χ3v) is 7.71. The molecule has 1 unspecified atom stereocenters. The molecular formula is C14H23N3O2S2. The van der Waals surface area contributed by atoms with E-state index in [4.69, 9.17) is 5.14 Å². The number of thiazole rings is 1. The molecule has 0 radical (unpaired) electrons. The maximum atomic E-state index is 11.5. The van der Waals surface area contributed by atoms with Gasteiger partial charge in [-0.05, 0) is 38.0 Å². The molecule has 0 bridgehead atoms. The van der Waals surface area contributed by atoms with Gasteiger partial charge in [-0.15, -0.1) is 0 Å². The van der Waals surface area contributed by atoms with Crippen LogP contribution in [0, 0.1) is 12.3 Å². The van der Waals surface area contributed by atoms with Crippen molar-refractivity contribution in [1.29, 1.82) is 0 Å². The maximum Gasteiger partial charge on any atom is 0.249 e. The van der Waals surface area contributed by atoms with E-state index < -0.39 is 10.0 Å². The number of sulfonamides is 1. The third-order valence-electron chi connectivity index (χ3n) is 5.07. The van der Waals surface area contributed by atoms with E-state index in [1.165, 1.54) is 56.3 Å². The molecule has 118 valence electrons. The van der Waals surface area contributed by atoms with E-state index in [0.29, 0.717) is 22.3 Å². The number of aromatic nitrogens is 1. The standard InChI is InChI=1S/C14H23N3O2S2/c1-10-12(21(15,18)19)20-13(16-10)17-11-6-2-3-7-14(11)8-4-5-9-14/h11H,2-9H2,1H3,(H,16,17)(H2,15,18,19). The molecule has 2 aliphatic rings. The van der Waals surface area contributed by atoms with Gasteiger partial charge in [0.05, 0.1) is 5.69 Å². The van der Waals surface area contributed by atoms with Crippen LogP contribution in [0.15, 0.2) is 4.21 Å². The quantitative estimate of drug-likeness (QED) is 0.892. The zero-order chi connectivity index (χ0) is 15.1. The Morgan fingerprint density at radius 2 is 1.86 bits per heavy atom. The number of nitrogens with one attached hydrogen (secondary N) is 1. The number of rotatable bonds is 3. The van der Waals surface area contributed by atoms with Crippen LogP contribution in [0.5, 0.6) is 0 Å². The van der Waals surface area contributed by atoms with Crippen molar-refractivity contribution in [3.63, 3.8) is 0 Å². The first-order chi connectivity index (χ1) is 9.91. The first-order valence-corrected chi connectivity index (χ1v) is 10.0. The van der Waals surface area contributed by atoms with Gasteiger partial charge in [0.2, 0.25) is 10.0 Å². The summed E-state index contributed by atoms with van der Waals surface area (Å²) in [7, 11) is -3.66. The minimum absolute atomic E-state index is 0.182. The second-order valence-electron chi connectivity index (χ2n) is 6.45. The fourth-order valence-corrected chi connectivity index (χ4v) is 5.98. The fraction of sp³-hybridized carbons (Fsp3) is 0.786. The van der Waals surface area contributed by atoms with E-state index in [-0.39, 0.29) is 4.21 Å². The third kappa shape index (κ3) is 2.96. The number of aryl methyl sites for hydroxylation is 1. The molecule has 1 atom stereocenters. The Morgan fingerprint density at radius 1 is 1.24 bits per heavy atom. The highest BCUT2D eigenvalue weighted by molar-refractivity contribution is 7.91. The Hall–Kier alpha value is -0.660. The van der Waals surface area contributed by atoms with Crippen LogP contribution in [0.1, 0.15) is 57.1 Å². The minimum atomic E-state index is -3.66. The largest absolute Gasteiger partial charge is 0.358 e. The van der Waals surface area contributed by atoms with Gasteiger partial charge in [-0.2, -0.15) is 0 Å². The Bertz CT molecular complexity index is 618. The van der Waals surface area contributed by atoms with Crippen molar-refractivity contribution in [2.75, 3.05) is 5.32 Å². The molecule has 1 aromatic heterocycles. The summed E-state index contributed by atoms with van der Waals surface area (Å²) in [5, 5.41) is 9.47. The van der Waals surface area contributed by atoms with Gasteiger partial charge in [-0.1, -0.05) is 37.0 Å². The van der Waals surface area contributed by atoms with E-state index in [9.17, 15) is 8.42 Å². The van der Waals surface area contributed by atoms with Gasteiger partial charge in [0.1, 0.15) is 0 Å². The first kappa shape index (κ1) is 15.2.